The van der Waals surface area contributed by atoms with Crippen LogP contribution in [0.4, 0.5) is 0 Å². The summed E-state index contributed by atoms with van der Waals surface area (Å²) >= 11 is 0. The number of aromatic nitrogens is 2. The number of rotatable bonds is 6. The molecule has 4 aromatic rings. The van der Waals surface area contributed by atoms with Gasteiger partial charge in [0.05, 0.1) is 18.2 Å². The van der Waals surface area contributed by atoms with Gasteiger partial charge in [0.1, 0.15) is 11.4 Å². The predicted molar refractivity (Wildman–Crippen MR) is 113 cm³/mol. The fraction of sp³-hybridized carbons (Fsp3) is 0.0435. The number of methoxy groups -OCH3 is 1. The summed E-state index contributed by atoms with van der Waals surface area (Å²) in [5, 5.41) is 0. The van der Waals surface area contributed by atoms with Crippen molar-refractivity contribution < 1.29 is 17.9 Å². The van der Waals surface area contributed by atoms with Gasteiger partial charge in [0, 0.05) is 11.1 Å². The number of carbonyl (C=O) groups excluding carboxylic acids is 1. The largest absolute Gasteiger partial charge is 0.497 e. The molecule has 0 atom stereocenters. The van der Waals surface area contributed by atoms with E-state index in [4.69, 9.17) is 4.74 Å². The summed E-state index contributed by atoms with van der Waals surface area (Å²) in [6.45, 7) is 0. The third-order valence-electron chi connectivity index (χ3n) is 4.60. The predicted octanol–water partition coefficient (Wildman–Crippen LogP) is 4.03. The van der Waals surface area contributed by atoms with Gasteiger partial charge in [-0.1, -0.05) is 60.7 Å². The number of nitrogens with zero attached hydrogens (tertiary/aromatic N) is 2. The minimum absolute atomic E-state index is 0.0500. The van der Waals surface area contributed by atoms with Crippen LogP contribution in [-0.2, 0) is 10.0 Å². The van der Waals surface area contributed by atoms with Gasteiger partial charge in [-0.3, -0.25) is 4.79 Å². The van der Waals surface area contributed by atoms with Crippen molar-refractivity contribution in [3.63, 3.8) is 0 Å². The zero-order valence-corrected chi connectivity index (χ0v) is 16.9. The maximum absolute atomic E-state index is 13.5. The van der Waals surface area contributed by atoms with E-state index in [1.54, 1.807) is 66.7 Å². The van der Waals surface area contributed by atoms with Crippen molar-refractivity contribution in [2.45, 2.75) is 4.90 Å². The topological polar surface area (TPSA) is 78.3 Å². The quantitative estimate of drug-likeness (QED) is 0.442. The fourth-order valence-corrected chi connectivity index (χ4v) is 4.61. The van der Waals surface area contributed by atoms with Gasteiger partial charge in [0.25, 0.3) is 10.0 Å². The molecule has 0 radical (unpaired) electrons. The Kier molecular flexibility index (Phi) is 5.20. The summed E-state index contributed by atoms with van der Waals surface area (Å²) < 4.78 is 33.2. The van der Waals surface area contributed by atoms with Crippen molar-refractivity contribution in [2.24, 2.45) is 0 Å². The fourth-order valence-electron chi connectivity index (χ4n) is 3.12. The molecule has 30 heavy (non-hydrogen) atoms. The average molecular weight is 418 g/mol. The van der Waals surface area contributed by atoms with Gasteiger partial charge in [0.2, 0.25) is 5.78 Å². The second-order valence-corrected chi connectivity index (χ2v) is 8.26. The monoisotopic (exact) mass is 418 g/mol. The molecule has 7 heteroatoms. The van der Waals surface area contributed by atoms with E-state index in [1.165, 1.54) is 25.4 Å². The molecule has 3 aromatic carbocycles. The lowest BCUT2D eigenvalue weighted by atomic mass is 10.1. The molecule has 0 fully saturated rings. The number of ether oxygens (including phenoxy) is 1. The molecule has 1 aromatic heterocycles. The van der Waals surface area contributed by atoms with E-state index in [9.17, 15) is 13.2 Å². The molecule has 1 heterocycles. The highest BCUT2D eigenvalue weighted by molar-refractivity contribution is 7.90. The van der Waals surface area contributed by atoms with Crippen LogP contribution in [0.25, 0.3) is 11.4 Å². The third-order valence-corrected chi connectivity index (χ3v) is 6.32. The molecule has 6 nitrogen and oxygen atoms in total. The molecule has 0 N–H and O–H groups in total. The molecular weight excluding hydrogens is 400 g/mol. The van der Waals surface area contributed by atoms with Crippen LogP contribution in [-0.4, -0.2) is 30.3 Å². The highest BCUT2D eigenvalue weighted by Gasteiger charge is 2.28. The number of hydrogen-bond donors (Lipinski definition) is 0. The van der Waals surface area contributed by atoms with Crippen molar-refractivity contribution >= 4 is 15.8 Å². The lowest BCUT2D eigenvalue weighted by molar-refractivity contribution is 0.103. The SMILES string of the molecule is COc1cccc(C(=O)c2cnc(-c3ccccc3)n2S(=O)(=O)c2ccccc2)c1. The van der Waals surface area contributed by atoms with Crippen LogP contribution in [0.3, 0.4) is 0 Å². The van der Waals surface area contributed by atoms with Crippen LogP contribution in [0, 0.1) is 0 Å². The van der Waals surface area contributed by atoms with E-state index in [1.807, 2.05) is 6.07 Å². The van der Waals surface area contributed by atoms with Gasteiger partial charge in [-0.25, -0.2) is 17.4 Å². The Bertz CT molecular complexity index is 1300. The van der Waals surface area contributed by atoms with E-state index in [-0.39, 0.29) is 16.4 Å². The number of benzene rings is 3. The molecule has 4 rings (SSSR count). The first-order valence-corrected chi connectivity index (χ1v) is 10.6. The van der Waals surface area contributed by atoms with Crippen LogP contribution >= 0.6 is 0 Å². The summed E-state index contributed by atoms with van der Waals surface area (Å²) in [6.07, 6.45) is 1.30. The van der Waals surface area contributed by atoms with E-state index >= 15 is 0 Å². The van der Waals surface area contributed by atoms with Crippen LogP contribution in [0.15, 0.2) is 96.0 Å². The second-order valence-electron chi connectivity index (χ2n) is 6.48. The Labute approximate surface area is 174 Å². The zero-order valence-electron chi connectivity index (χ0n) is 16.1. The summed E-state index contributed by atoms with van der Waals surface area (Å²) in [7, 11) is -2.57. The summed E-state index contributed by atoms with van der Waals surface area (Å²) in [4.78, 5) is 17.6. The first-order chi connectivity index (χ1) is 14.5. The molecule has 150 valence electrons. The Balaban J connectivity index is 1.94. The minimum atomic E-state index is -4.07. The van der Waals surface area contributed by atoms with Crippen molar-refractivity contribution in [2.75, 3.05) is 7.11 Å². The first kappa shape index (κ1) is 19.6. The van der Waals surface area contributed by atoms with E-state index in [2.05, 4.69) is 4.98 Å². The summed E-state index contributed by atoms with van der Waals surface area (Å²) in [5.41, 5.74) is 0.839. The van der Waals surface area contributed by atoms with E-state index < -0.39 is 15.8 Å². The molecular formula is C23H18N2O4S. The highest BCUT2D eigenvalue weighted by Crippen LogP contribution is 2.27. The summed E-state index contributed by atoms with van der Waals surface area (Å²) in [5.74, 6) is 0.204. The lowest BCUT2D eigenvalue weighted by Gasteiger charge is -2.13. The van der Waals surface area contributed by atoms with E-state index in [0.717, 1.165) is 3.97 Å². The molecule has 0 spiro atoms. The van der Waals surface area contributed by atoms with Crippen LogP contribution < -0.4 is 4.74 Å². The number of carbonyl (C=O) groups is 1. The maximum atomic E-state index is 13.5. The van der Waals surface area contributed by atoms with Crippen LogP contribution in [0.1, 0.15) is 16.1 Å². The maximum Gasteiger partial charge on any atom is 0.270 e. The third kappa shape index (κ3) is 3.51. The van der Waals surface area contributed by atoms with Crippen molar-refractivity contribution in [3.8, 4) is 17.1 Å². The van der Waals surface area contributed by atoms with Gasteiger partial charge in [0.15, 0.2) is 5.82 Å². The average Bonchev–Trinajstić information content (AvgIpc) is 3.26. The summed E-state index contributed by atoms with van der Waals surface area (Å²) in [6, 6.07) is 23.4. The van der Waals surface area contributed by atoms with E-state index in [0.29, 0.717) is 16.9 Å². The van der Waals surface area contributed by atoms with Gasteiger partial charge >= 0.3 is 0 Å². The van der Waals surface area contributed by atoms with Gasteiger partial charge in [-0.2, -0.15) is 0 Å². The molecule has 0 aliphatic heterocycles. The van der Waals surface area contributed by atoms with Crippen LogP contribution in [0.5, 0.6) is 5.75 Å². The Morgan fingerprint density at radius 3 is 2.23 bits per heavy atom. The lowest BCUT2D eigenvalue weighted by Crippen LogP contribution is -2.20. The van der Waals surface area contributed by atoms with Crippen molar-refractivity contribution in [1.29, 1.82) is 0 Å². The number of hydrogen-bond acceptors (Lipinski definition) is 5. The van der Waals surface area contributed by atoms with Gasteiger partial charge in [-0.15, -0.1) is 0 Å². The standard InChI is InChI=1S/C23H18N2O4S/c1-29-19-12-8-11-18(15-19)22(26)21-16-24-23(17-9-4-2-5-10-17)25(21)30(27,28)20-13-6-3-7-14-20/h2-16H,1H3. The Morgan fingerprint density at radius 2 is 1.57 bits per heavy atom. The molecule has 0 aliphatic rings. The molecule has 0 bridgehead atoms. The van der Waals surface area contributed by atoms with Gasteiger partial charge < -0.3 is 4.74 Å². The van der Waals surface area contributed by atoms with Crippen LogP contribution in [0.2, 0.25) is 0 Å². The van der Waals surface area contributed by atoms with Crippen molar-refractivity contribution in [3.05, 3.63) is 102 Å². The molecule has 0 unspecified atom stereocenters. The normalized spacial score (nSPS) is 11.2. The molecule has 0 saturated heterocycles. The second kappa shape index (κ2) is 7.96. The highest BCUT2D eigenvalue weighted by atomic mass is 32.2. The molecule has 0 aliphatic carbocycles. The zero-order chi connectivity index (χ0) is 21.1. The number of ketones is 1. The van der Waals surface area contributed by atoms with Crippen molar-refractivity contribution in [1.82, 2.24) is 8.96 Å². The van der Waals surface area contributed by atoms with Gasteiger partial charge in [-0.05, 0) is 24.3 Å². The first-order valence-electron chi connectivity index (χ1n) is 9.15. The minimum Gasteiger partial charge on any atom is -0.497 e. The molecule has 0 saturated carbocycles. The Morgan fingerprint density at radius 1 is 0.900 bits per heavy atom. The smallest absolute Gasteiger partial charge is 0.270 e. The Hall–Kier alpha value is -3.71. The number of imidazole rings is 1. The molecule has 0 amide bonds.